The van der Waals surface area contributed by atoms with Crippen molar-refractivity contribution in [1.29, 1.82) is 0 Å². The first kappa shape index (κ1) is 57.4. The summed E-state index contributed by atoms with van der Waals surface area (Å²) in [7, 11) is -46.8. The average Bonchev–Trinajstić information content (AvgIpc) is 0.864. The summed E-state index contributed by atoms with van der Waals surface area (Å²) in [5.74, 6) is -0.436. The quantitative estimate of drug-likeness (QED) is 0.0700. The molecule has 4 atom stereocenters. The lowest BCUT2D eigenvalue weighted by atomic mass is 10.2. The molecule has 14 rings (SSSR count). The van der Waals surface area contributed by atoms with Gasteiger partial charge in [-0.05, 0) is 32.9 Å². The molecule has 8 aromatic rings. The lowest BCUT2D eigenvalue weighted by molar-refractivity contribution is -0.145. The van der Waals surface area contributed by atoms with Gasteiger partial charge in [-0.2, -0.15) is 0 Å². The average molecular weight is 1350 g/mol. The van der Waals surface area contributed by atoms with Gasteiger partial charge in [0.25, 0.3) is 10.0 Å². The molecule has 16 nitrogen and oxygen atoms in total. The molecule has 4 unspecified atom stereocenters. The van der Waals surface area contributed by atoms with Crippen LogP contribution >= 0.6 is 15.9 Å². The molecule has 0 aliphatic carbocycles. The van der Waals surface area contributed by atoms with Gasteiger partial charge in [-0.1, -0.05) is 259 Å². The van der Waals surface area contributed by atoms with Crippen LogP contribution in [0.4, 0.5) is 0 Å². The molecule has 8 aromatic carbocycles. The molecule has 6 heterocycles. The van der Waals surface area contributed by atoms with E-state index in [2.05, 4.69) is 15.9 Å². The van der Waals surface area contributed by atoms with Crippen LogP contribution in [0.5, 0.6) is 0 Å². The largest absolute Gasteiger partial charge is 0.515 e. The monoisotopic (exact) mass is 1340 g/mol. The number of halogens is 1. The number of carbonyl (C=O) groups excluding carboxylic acids is 1. The Bertz CT molecular complexity index is 3230. The third kappa shape index (κ3) is 10.8. The van der Waals surface area contributed by atoms with Gasteiger partial charge in [0.15, 0.2) is 0 Å². The molecule has 0 spiro atoms. The van der Waals surface area contributed by atoms with Gasteiger partial charge in [0.05, 0.1) is 6.61 Å². The van der Waals surface area contributed by atoms with E-state index in [0.717, 1.165) is 0 Å². The molecular formula is C56H57BrO16Si10. The first-order valence-electron chi connectivity index (χ1n) is 27.2. The van der Waals surface area contributed by atoms with Crippen LogP contribution < -0.4 is 41.5 Å². The van der Waals surface area contributed by atoms with Crippen molar-refractivity contribution in [3.63, 3.8) is 0 Å². The second-order valence-electron chi connectivity index (χ2n) is 20.9. The van der Waals surface area contributed by atoms with Gasteiger partial charge in [0.2, 0.25) is 0 Å². The predicted octanol–water partition coefficient (Wildman–Crippen LogP) is 4.23. The Morgan fingerprint density at radius 2 is 0.566 bits per heavy atom. The van der Waals surface area contributed by atoms with Gasteiger partial charge in [-0.25, -0.2) is 0 Å². The van der Waals surface area contributed by atoms with Gasteiger partial charge < -0.3 is 62.3 Å². The van der Waals surface area contributed by atoms with E-state index in [1.807, 2.05) is 249 Å². The normalized spacial score (nSPS) is 32.5. The van der Waals surface area contributed by atoms with Crippen LogP contribution in [0.2, 0.25) is 12.6 Å². The van der Waals surface area contributed by atoms with Crippen molar-refractivity contribution < 1.29 is 67.1 Å². The van der Waals surface area contributed by atoms with Gasteiger partial charge >= 0.3 is 85.0 Å². The summed E-state index contributed by atoms with van der Waals surface area (Å²) in [6.45, 7) is 5.44. The van der Waals surface area contributed by atoms with Gasteiger partial charge in [-0.3, -0.25) is 4.79 Å². The molecular weight excluding hydrogens is 1290 g/mol. The van der Waals surface area contributed by atoms with Gasteiger partial charge in [0.1, 0.15) is 4.32 Å². The van der Waals surface area contributed by atoms with Crippen molar-refractivity contribution in [3.8, 4) is 0 Å². The number of ether oxygens (including phenoxy) is 1. The van der Waals surface area contributed by atoms with E-state index >= 15 is 0 Å². The molecule has 6 aliphatic heterocycles. The number of fused-ring (bicyclic) bond motifs is 4. The zero-order valence-electron chi connectivity index (χ0n) is 45.3. The number of hydrogen-bond donors (Lipinski definition) is 0. The molecule has 0 N–H and O–H groups in total. The van der Waals surface area contributed by atoms with E-state index in [-0.39, 0.29) is 19.1 Å². The summed E-state index contributed by atoms with van der Waals surface area (Å²) in [6, 6.07) is 76.5. The lowest BCUT2D eigenvalue weighted by Gasteiger charge is -2.59. The Morgan fingerprint density at radius 1 is 0.361 bits per heavy atom. The second kappa shape index (κ2) is 22.6. The van der Waals surface area contributed by atoms with Crippen molar-refractivity contribution in [1.82, 2.24) is 0 Å². The molecule has 27 heteroatoms. The van der Waals surface area contributed by atoms with Crippen molar-refractivity contribution in [2.75, 3.05) is 6.61 Å². The molecule has 6 fully saturated rings. The van der Waals surface area contributed by atoms with E-state index in [4.69, 9.17) is 62.3 Å². The van der Waals surface area contributed by atoms with Crippen LogP contribution in [0.3, 0.4) is 0 Å². The molecule has 6 saturated heterocycles. The second-order valence-corrected chi connectivity index (χ2v) is 51.5. The molecule has 0 radical (unpaired) electrons. The van der Waals surface area contributed by atoms with Crippen molar-refractivity contribution >= 4 is 152 Å². The van der Waals surface area contributed by atoms with E-state index < -0.39 is 99.3 Å². The van der Waals surface area contributed by atoms with Crippen LogP contribution in [0.25, 0.3) is 0 Å². The zero-order valence-corrected chi connectivity index (χ0v) is 57.3. The van der Waals surface area contributed by atoms with E-state index in [1.54, 1.807) is 13.8 Å². The molecule has 0 aromatic heterocycles. The van der Waals surface area contributed by atoms with E-state index in [1.165, 1.54) is 0 Å². The maximum atomic E-state index is 13.5. The Hall–Kier alpha value is -4.68. The summed E-state index contributed by atoms with van der Waals surface area (Å²) >= 11 is 3.50. The number of rotatable bonds is 13. The van der Waals surface area contributed by atoms with Crippen LogP contribution in [0.1, 0.15) is 20.3 Å². The summed E-state index contributed by atoms with van der Waals surface area (Å²) in [5.41, 5.74) is 0. The highest BCUT2D eigenvalue weighted by Crippen LogP contribution is 2.46. The first-order valence-corrected chi connectivity index (χ1v) is 45.4. The summed E-state index contributed by atoms with van der Waals surface area (Å²) < 4.78 is 120. The third-order valence-corrected chi connectivity index (χ3v) is 55.4. The van der Waals surface area contributed by atoms with Crippen LogP contribution in [0, 0.1) is 0 Å². The Labute approximate surface area is 502 Å². The van der Waals surface area contributed by atoms with Crippen LogP contribution in [-0.4, -0.2) is 106 Å². The summed E-state index contributed by atoms with van der Waals surface area (Å²) in [4.78, 5) is 13.5. The molecule has 0 amide bonds. The van der Waals surface area contributed by atoms with E-state index in [9.17, 15) is 4.79 Å². The fraction of sp³-hybridized carbons (Fsp3) is 0.125. The molecule has 8 bridgehead atoms. The van der Waals surface area contributed by atoms with Crippen molar-refractivity contribution in [2.45, 2.75) is 37.2 Å². The molecule has 83 heavy (non-hydrogen) atoms. The molecule has 0 saturated carbocycles. The van der Waals surface area contributed by atoms with E-state index in [0.29, 0.717) is 41.5 Å². The van der Waals surface area contributed by atoms with Gasteiger partial charge in [-0.15, -0.1) is 0 Å². The minimum Gasteiger partial charge on any atom is -0.465 e. The lowest BCUT2D eigenvalue weighted by Crippen LogP contribution is -2.92. The zero-order chi connectivity index (χ0) is 56.9. The predicted molar refractivity (Wildman–Crippen MR) is 333 cm³/mol. The Morgan fingerprint density at radius 3 is 0.795 bits per heavy atom. The highest BCUT2D eigenvalue weighted by atomic mass is 79.9. The smallest absolute Gasteiger partial charge is 0.465 e. The van der Waals surface area contributed by atoms with Crippen molar-refractivity contribution in [2.24, 2.45) is 0 Å². The van der Waals surface area contributed by atoms with Crippen LogP contribution in [0.15, 0.2) is 243 Å². The fourth-order valence-electron chi connectivity index (χ4n) is 10.5. The number of benzene rings is 8. The maximum absolute atomic E-state index is 13.5. The topological polar surface area (TPSA) is 156 Å². The fourth-order valence-corrected chi connectivity index (χ4v) is 63.9. The molecule has 424 valence electrons. The standard InChI is InChI=1S/C56H57BrO16Si10/c1-56(2,57)55(58)59-45-28-46-75(3)62-78(49-33-16-6-17-34-49)68-80(51-37-20-8-21-38-51)64-76(47-29-12-4-13-30-47)60-74-61-77(48-31-14-5-15-32-48)66-82(72-80,53-41-24-10-25-42-53)70-79(63-75,50-35-18-7-19-36-50)71-83(67-77,54-43-26-11-27-44-54)73-81(65-76,69-78)52-39-22-9-23-40-52/h4-27,29-44H,28,45-46,74H2,1-3H3. The summed E-state index contributed by atoms with van der Waals surface area (Å²) in [5, 5.41) is 4.03. The SMILES string of the molecule is CC(C)(Br)C(=O)OCCC[Si]1(C)O[Si]2(c3ccccc3)O[Si]3(c4ccccc4)O[Si]4(c5ccccc5)O[SiH2]O[Si]5(c6ccccc6)O[Si](c6ccccc6)(O[Si](c6ccccc6)(O1)O[Si](c1ccccc1)(O5)O[Si](c1ccccc1)(O4)O2)O3. The number of hydrogen-bond acceptors (Lipinski definition) is 16. The maximum Gasteiger partial charge on any atom is 0.515 e. The number of carbonyl (C=O) groups is 1. The Kier molecular flexibility index (Phi) is 15.6. The number of alkyl halides is 1. The highest BCUT2D eigenvalue weighted by molar-refractivity contribution is 9.10. The van der Waals surface area contributed by atoms with Crippen molar-refractivity contribution in [3.05, 3.63) is 243 Å². The van der Waals surface area contributed by atoms with Crippen LogP contribution in [-0.2, 0) is 67.1 Å². The minimum atomic E-state index is -5.12. The highest BCUT2D eigenvalue weighted by Gasteiger charge is 2.82. The minimum absolute atomic E-state index is 0.00280. The first-order chi connectivity index (χ1) is 40.2. The molecule has 6 aliphatic rings. The Balaban J connectivity index is 1.25. The number of esters is 1. The van der Waals surface area contributed by atoms with Gasteiger partial charge in [0, 0.05) is 41.5 Å². The third-order valence-electron chi connectivity index (χ3n) is 14.4. The summed E-state index contributed by atoms with van der Waals surface area (Å²) in [6.07, 6.45) is 0.258.